The number of carbonyl (C=O) groups is 1. The van der Waals surface area contributed by atoms with Crippen LogP contribution in [0, 0.1) is 0 Å². The Hall–Kier alpha value is -1.09. The van der Waals surface area contributed by atoms with Gasteiger partial charge in [-0.25, -0.2) is 4.79 Å². The minimum atomic E-state index is -2.43. The van der Waals surface area contributed by atoms with Gasteiger partial charge >= 0.3 is 6.09 Å². The molecule has 0 spiro atoms. The lowest BCUT2D eigenvalue weighted by atomic mass is 10.7. The van der Waals surface area contributed by atoms with Crippen molar-refractivity contribution in [3.63, 3.8) is 0 Å². The number of rotatable bonds is 1. The molecule has 0 atom stereocenters. The van der Waals surface area contributed by atoms with E-state index in [1.54, 1.807) is 13.3 Å². The SMILES string of the molecule is CP(C)(=O)c1ccn(C(=O)O)n1. The molecule has 12 heavy (non-hydrogen) atoms. The molecular weight excluding hydrogens is 179 g/mol. The van der Waals surface area contributed by atoms with Gasteiger partial charge in [-0.05, 0) is 19.4 Å². The molecular formula is C6H9N2O3P. The summed E-state index contributed by atoms with van der Waals surface area (Å²) in [6.45, 7) is 3.09. The van der Waals surface area contributed by atoms with Gasteiger partial charge < -0.3 is 9.67 Å². The van der Waals surface area contributed by atoms with Crippen molar-refractivity contribution in [3.8, 4) is 0 Å². The van der Waals surface area contributed by atoms with Crippen molar-refractivity contribution in [2.45, 2.75) is 0 Å². The smallest absolute Gasteiger partial charge is 0.432 e. The molecule has 0 aliphatic heterocycles. The van der Waals surface area contributed by atoms with Crippen LogP contribution in [-0.2, 0) is 4.57 Å². The molecule has 0 unspecified atom stereocenters. The molecule has 1 rings (SSSR count). The number of nitrogens with zero attached hydrogens (tertiary/aromatic N) is 2. The maximum Gasteiger partial charge on any atom is 0.432 e. The van der Waals surface area contributed by atoms with Crippen molar-refractivity contribution in [2.75, 3.05) is 13.3 Å². The van der Waals surface area contributed by atoms with E-state index in [-0.39, 0.29) is 0 Å². The topological polar surface area (TPSA) is 72.2 Å². The molecule has 0 amide bonds. The zero-order chi connectivity index (χ0) is 9.35. The molecule has 1 aromatic heterocycles. The first kappa shape index (κ1) is 9.00. The fraction of sp³-hybridized carbons (Fsp3) is 0.333. The first-order chi connectivity index (χ1) is 5.41. The summed E-state index contributed by atoms with van der Waals surface area (Å²) in [5.41, 5.74) is 0.338. The summed E-state index contributed by atoms with van der Waals surface area (Å²) in [7, 11) is -2.43. The lowest BCUT2D eigenvalue weighted by Gasteiger charge is -1.99. The van der Waals surface area contributed by atoms with Crippen LogP contribution in [0.1, 0.15) is 0 Å². The van der Waals surface area contributed by atoms with Gasteiger partial charge in [0.1, 0.15) is 12.6 Å². The van der Waals surface area contributed by atoms with Crippen LogP contribution in [0.3, 0.4) is 0 Å². The molecule has 1 aromatic rings. The van der Waals surface area contributed by atoms with Crippen molar-refractivity contribution >= 4 is 18.7 Å². The van der Waals surface area contributed by atoms with Crippen LogP contribution in [0.5, 0.6) is 0 Å². The molecule has 66 valence electrons. The molecule has 6 heteroatoms. The molecule has 0 radical (unpaired) electrons. The van der Waals surface area contributed by atoms with Gasteiger partial charge in [0.25, 0.3) is 0 Å². The minimum Gasteiger partial charge on any atom is -0.463 e. The Morgan fingerprint density at radius 2 is 2.25 bits per heavy atom. The summed E-state index contributed by atoms with van der Waals surface area (Å²) >= 11 is 0. The van der Waals surface area contributed by atoms with Crippen molar-refractivity contribution in [1.82, 2.24) is 9.78 Å². The van der Waals surface area contributed by atoms with E-state index < -0.39 is 13.2 Å². The van der Waals surface area contributed by atoms with E-state index >= 15 is 0 Å². The Kier molecular flexibility index (Phi) is 2.06. The van der Waals surface area contributed by atoms with E-state index in [4.69, 9.17) is 5.11 Å². The standard InChI is InChI=1S/C6H9N2O3P/c1-12(2,11)5-3-4-8(7-5)6(9)10/h3-4H,1-2H3,(H,9,10). The molecule has 1 heterocycles. The van der Waals surface area contributed by atoms with Crippen LogP contribution < -0.4 is 5.44 Å². The average molecular weight is 188 g/mol. The van der Waals surface area contributed by atoms with Crippen LogP contribution in [-0.4, -0.2) is 34.3 Å². The fourth-order valence-electron chi connectivity index (χ4n) is 0.708. The monoisotopic (exact) mass is 188 g/mol. The minimum absolute atomic E-state index is 0.338. The third kappa shape index (κ3) is 1.74. The average Bonchev–Trinajstić information content (AvgIpc) is 2.30. The predicted octanol–water partition coefficient (Wildman–Crippen LogP) is 0.657. The molecule has 1 N–H and O–H groups in total. The second kappa shape index (κ2) is 2.75. The summed E-state index contributed by atoms with van der Waals surface area (Å²) in [6.07, 6.45) is 0.104. The number of hydrogen-bond donors (Lipinski definition) is 1. The van der Waals surface area contributed by atoms with Gasteiger partial charge in [-0.1, -0.05) is 0 Å². The van der Waals surface area contributed by atoms with Gasteiger partial charge in [0.15, 0.2) is 0 Å². The summed E-state index contributed by atoms with van der Waals surface area (Å²) in [5.74, 6) is 0. The van der Waals surface area contributed by atoms with Crippen molar-refractivity contribution in [3.05, 3.63) is 12.3 Å². The highest BCUT2D eigenvalue weighted by molar-refractivity contribution is 7.69. The van der Waals surface area contributed by atoms with Crippen LogP contribution in [0.2, 0.25) is 0 Å². The van der Waals surface area contributed by atoms with Gasteiger partial charge in [-0.3, -0.25) is 0 Å². The molecule has 5 nitrogen and oxygen atoms in total. The zero-order valence-corrected chi connectivity index (χ0v) is 7.65. The van der Waals surface area contributed by atoms with E-state index in [9.17, 15) is 9.36 Å². The zero-order valence-electron chi connectivity index (χ0n) is 6.76. The summed E-state index contributed by atoms with van der Waals surface area (Å²) in [5, 5.41) is 12.1. The molecule has 0 aromatic carbocycles. The van der Waals surface area contributed by atoms with Gasteiger partial charge in [-0.15, -0.1) is 0 Å². The Morgan fingerprint density at radius 1 is 1.67 bits per heavy atom. The number of aromatic nitrogens is 2. The van der Waals surface area contributed by atoms with Crippen LogP contribution in [0.15, 0.2) is 12.3 Å². The highest BCUT2D eigenvalue weighted by atomic mass is 31.2. The number of carboxylic acid groups (broad SMARTS) is 1. The molecule has 0 aliphatic rings. The first-order valence-corrected chi connectivity index (χ1v) is 5.86. The van der Waals surface area contributed by atoms with E-state index in [0.29, 0.717) is 5.44 Å². The van der Waals surface area contributed by atoms with E-state index in [1.807, 2.05) is 0 Å². The Labute approximate surface area is 69.4 Å². The van der Waals surface area contributed by atoms with Crippen molar-refractivity contribution in [2.24, 2.45) is 0 Å². The third-order valence-electron chi connectivity index (χ3n) is 1.32. The quantitative estimate of drug-likeness (QED) is 0.657. The Bertz CT molecular complexity index is 351. The van der Waals surface area contributed by atoms with Gasteiger partial charge in [0.2, 0.25) is 0 Å². The lowest BCUT2D eigenvalue weighted by molar-refractivity contribution is 0.193. The van der Waals surface area contributed by atoms with Gasteiger partial charge in [0, 0.05) is 6.20 Å². The van der Waals surface area contributed by atoms with Crippen molar-refractivity contribution in [1.29, 1.82) is 0 Å². The van der Waals surface area contributed by atoms with E-state index in [1.165, 1.54) is 12.3 Å². The predicted molar refractivity (Wildman–Crippen MR) is 44.7 cm³/mol. The molecule has 0 aliphatic carbocycles. The van der Waals surface area contributed by atoms with Gasteiger partial charge in [-0.2, -0.15) is 9.78 Å². The second-order valence-electron chi connectivity index (χ2n) is 2.75. The van der Waals surface area contributed by atoms with Crippen LogP contribution in [0.4, 0.5) is 4.79 Å². The maximum absolute atomic E-state index is 11.4. The Morgan fingerprint density at radius 3 is 2.50 bits per heavy atom. The maximum atomic E-state index is 11.4. The third-order valence-corrected chi connectivity index (χ3v) is 2.66. The fourth-order valence-corrected chi connectivity index (χ4v) is 1.45. The second-order valence-corrected chi connectivity index (χ2v) is 5.91. The highest BCUT2D eigenvalue weighted by Gasteiger charge is 2.15. The first-order valence-electron chi connectivity index (χ1n) is 3.26. The van der Waals surface area contributed by atoms with Crippen LogP contribution >= 0.6 is 7.14 Å². The summed E-state index contributed by atoms with van der Waals surface area (Å²) < 4.78 is 12.1. The molecule has 0 bridgehead atoms. The van der Waals surface area contributed by atoms with Gasteiger partial charge in [0.05, 0.1) is 0 Å². The normalized spacial score (nSPS) is 11.5. The van der Waals surface area contributed by atoms with E-state index in [2.05, 4.69) is 5.10 Å². The molecule has 0 fully saturated rings. The Balaban J connectivity index is 3.08. The summed E-state index contributed by atoms with van der Waals surface area (Å²) in [6, 6.07) is 1.45. The highest BCUT2D eigenvalue weighted by Crippen LogP contribution is 2.33. The molecule has 0 saturated carbocycles. The lowest BCUT2D eigenvalue weighted by Crippen LogP contribution is -2.13. The van der Waals surface area contributed by atoms with Crippen molar-refractivity contribution < 1.29 is 14.5 Å². The summed E-state index contributed by atoms with van der Waals surface area (Å²) in [4.78, 5) is 10.4. The van der Waals surface area contributed by atoms with E-state index in [0.717, 1.165) is 4.68 Å². The molecule has 0 saturated heterocycles. The van der Waals surface area contributed by atoms with Crippen LogP contribution in [0.25, 0.3) is 0 Å². The largest absolute Gasteiger partial charge is 0.463 e. The number of hydrogen-bond acceptors (Lipinski definition) is 3.